The molecular weight excluding hydrogens is 653 g/mol. The Morgan fingerprint density at radius 1 is 1.11 bits per heavy atom. The molecule has 1 aliphatic carbocycles. The number of nitrogens with zero attached hydrogens (tertiary/aromatic N) is 5. The van der Waals surface area contributed by atoms with Crippen LogP contribution < -0.4 is 10.6 Å². The number of aromatic nitrogens is 3. The van der Waals surface area contributed by atoms with Crippen LogP contribution in [0.3, 0.4) is 0 Å². The highest BCUT2D eigenvalue weighted by Crippen LogP contribution is 2.38. The average molecular weight is 700 g/mol. The lowest BCUT2D eigenvalue weighted by Crippen LogP contribution is -2.48. The molecule has 3 heterocycles. The van der Waals surface area contributed by atoms with Crippen molar-refractivity contribution in [1.82, 2.24) is 25.0 Å². The molecule has 1 saturated carbocycles. The van der Waals surface area contributed by atoms with Gasteiger partial charge < -0.3 is 20.0 Å². The molecule has 13 heteroatoms. The Bertz CT molecular complexity index is 1550. The Balaban J connectivity index is 1.29. The normalized spacial score (nSPS) is 19.6. The highest BCUT2D eigenvalue weighted by molar-refractivity contribution is 7.99. The van der Waals surface area contributed by atoms with E-state index in [9.17, 15) is 9.18 Å². The first-order chi connectivity index (χ1) is 22.3. The fraction of sp³-hybridized carbons (Fsp3) is 0.529. The molecule has 2 aromatic heterocycles. The number of benzene rings is 1. The van der Waals surface area contributed by atoms with Crippen LogP contribution in [0.2, 0.25) is 23.2 Å². The van der Waals surface area contributed by atoms with E-state index in [1.54, 1.807) is 24.4 Å². The van der Waals surface area contributed by atoms with Gasteiger partial charge in [-0.05, 0) is 74.8 Å². The molecule has 47 heavy (non-hydrogen) atoms. The molecule has 2 N–H and O–H groups in total. The SMILES string of the molecule is CN1CCN(C2CCC(C(=O)Nc3cc(Nc4cc(-c5cc(Cl)ccc5F)nnc4SCCO[Si](C)(C)C(C)(C)C)ccn3)C2)CC1. The molecular formula is C34H47ClFN7O2SSi. The summed E-state index contributed by atoms with van der Waals surface area (Å²) in [5.41, 5.74) is 1.98. The summed E-state index contributed by atoms with van der Waals surface area (Å²) in [6.45, 7) is 16.0. The van der Waals surface area contributed by atoms with Gasteiger partial charge in [-0.15, -0.1) is 22.0 Å². The molecule has 1 saturated heterocycles. The molecule has 3 aromatic rings. The Hall–Kier alpha value is -2.61. The van der Waals surface area contributed by atoms with Gasteiger partial charge in [0.1, 0.15) is 16.7 Å². The molecule has 1 aliphatic heterocycles. The lowest BCUT2D eigenvalue weighted by atomic mass is 10.1. The predicted molar refractivity (Wildman–Crippen MR) is 193 cm³/mol. The minimum Gasteiger partial charge on any atom is -0.416 e. The number of halogens is 2. The van der Waals surface area contributed by atoms with Crippen LogP contribution in [-0.2, 0) is 9.22 Å². The first-order valence-electron chi connectivity index (χ1n) is 16.4. The lowest BCUT2D eigenvalue weighted by Gasteiger charge is -2.36. The van der Waals surface area contributed by atoms with E-state index in [1.807, 2.05) is 6.07 Å². The van der Waals surface area contributed by atoms with Crippen molar-refractivity contribution >= 4 is 54.8 Å². The minimum atomic E-state index is -1.89. The third kappa shape index (κ3) is 9.30. The zero-order chi connectivity index (χ0) is 33.8. The van der Waals surface area contributed by atoms with E-state index in [0.29, 0.717) is 51.3 Å². The van der Waals surface area contributed by atoms with Crippen molar-refractivity contribution < 1.29 is 13.6 Å². The molecule has 2 aliphatic rings. The van der Waals surface area contributed by atoms with E-state index < -0.39 is 14.1 Å². The van der Waals surface area contributed by atoms with Crippen molar-refractivity contribution in [1.29, 1.82) is 0 Å². The van der Waals surface area contributed by atoms with E-state index in [0.717, 1.165) is 45.4 Å². The van der Waals surface area contributed by atoms with Crippen LogP contribution in [0.5, 0.6) is 0 Å². The second-order valence-electron chi connectivity index (χ2n) is 14.1. The first-order valence-corrected chi connectivity index (χ1v) is 20.6. The molecule has 2 unspecified atom stereocenters. The third-order valence-electron chi connectivity index (χ3n) is 9.68. The highest BCUT2D eigenvalue weighted by atomic mass is 35.5. The molecule has 0 bridgehead atoms. The number of nitrogens with one attached hydrogen (secondary N) is 2. The molecule has 0 radical (unpaired) electrons. The highest BCUT2D eigenvalue weighted by Gasteiger charge is 2.37. The van der Waals surface area contributed by atoms with Crippen LogP contribution in [-0.4, -0.2) is 90.8 Å². The number of hydrogen-bond acceptors (Lipinski definition) is 9. The molecule has 5 rings (SSSR count). The maximum Gasteiger partial charge on any atom is 0.228 e. The smallest absolute Gasteiger partial charge is 0.228 e. The van der Waals surface area contributed by atoms with Crippen LogP contribution in [0, 0.1) is 11.7 Å². The topological polar surface area (TPSA) is 95.5 Å². The predicted octanol–water partition coefficient (Wildman–Crippen LogP) is 7.54. The van der Waals surface area contributed by atoms with Crippen molar-refractivity contribution in [2.24, 2.45) is 5.92 Å². The van der Waals surface area contributed by atoms with Gasteiger partial charge in [-0.25, -0.2) is 9.37 Å². The largest absolute Gasteiger partial charge is 0.416 e. The number of carbonyl (C=O) groups is 1. The van der Waals surface area contributed by atoms with Crippen LogP contribution in [0.15, 0.2) is 47.6 Å². The molecule has 254 valence electrons. The second kappa shape index (κ2) is 15.3. The quantitative estimate of drug-likeness (QED) is 0.120. The van der Waals surface area contributed by atoms with Crippen LogP contribution in [0.25, 0.3) is 11.3 Å². The van der Waals surface area contributed by atoms with Crippen molar-refractivity contribution in [2.75, 3.05) is 56.2 Å². The summed E-state index contributed by atoms with van der Waals surface area (Å²) in [6, 6.07) is 10.2. The summed E-state index contributed by atoms with van der Waals surface area (Å²) >= 11 is 7.71. The number of anilines is 3. The average Bonchev–Trinajstić information content (AvgIpc) is 3.52. The van der Waals surface area contributed by atoms with Crippen LogP contribution in [0.4, 0.5) is 21.6 Å². The van der Waals surface area contributed by atoms with Gasteiger partial charge in [0.15, 0.2) is 8.32 Å². The standard InChI is InChI=1S/C34H47ClFN7O2SSi/c1-34(2,3)47(5,6)45-17-18-46-33-30(22-29(40-41-33)27-20-24(35)8-10-28(27)36)38-25-11-12-37-31(21-25)39-32(44)23-7-9-26(19-23)43-15-13-42(4)14-16-43/h8,10-12,20-23,26H,7,9,13-19H2,1-6H3,(H2,37,38,39,40,44). The molecule has 2 fully saturated rings. The number of rotatable bonds is 11. The van der Waals surface area contributed by atoms with Gasteiger partial charge in [0, 0.05) is 79.0 Å². The van der Waals surface area contributed by atoms with Crippen LogP contribution >= 0.6 is 23.4 Å². The van der Waals surface area contributed by atoms with Crippen molar-refractivity contribution in [3.63, 3.8) is 0 Å². The van der Waals surface area contributed by atoms with E-state index in [-0.39, 0.29) is 22.4 Å². The first kappa shape index (κ1) is 35.7. The minimum absolute atomic E-state index is 0.00792. The molecule has 1 aromatic carbocycles. The van der Waals surface area contributed by atoms with E-state index in [2.05, 4.69) is 76.5 Å². The molecule has 1 amide bonds. The number of piperazine rings is 1. The maximum absolute atomic E-state index is 14.8. The lowest BCUT2D eigenvalue weighted by molar-refractivity contribution is -0.119. The van der Waals surface area contributed by atoms with E-state index in [1.165, 1.54) is 23.9 Å². The van der Waals surface area contributed by atoms with Gasteiger partial charge in [0.25, 0.3) is 0 Å². The number of thioether (sulfide) groups is 1. The Kier molecular flexibility index (Phi) is 11.6. The maximum atomic E-state index is 14.8. The zero-order valence-corrected chi connectivity index (χ0v) is 30.8. The van der Waals surface area contributed by atoms with Gasteiger partial charge in [0.05, 0.1) is 11.4 Å². The van der Waals surface area contributed by atoms with Gasteiger partial charge in [-0.2, -0.15) is 0 Å². The third-order valence-corrected chi connectivity index (χ3v) is 15.4. The van der Waals surface area contributed by atoms with Crippen molar-refractivity contribution in [2.45, 2.75) is 69.2 Å². The Labute approximate surface area is 288 Å². The Morgan fingerprint density at radius 3 is 2.62 bits per heavy atom. The van der Waals surface area contributed by atoms with Gasteiger partial charge in [-0.1, -0.05) is 32.4 Å². The summed E-state index contributed by atoms with van der Waals surface area (Å²) in [5, 5.41) is 16.5. The number of hydrogen-bond donors (Lipinski definition) is 2. The monoisotopic (exact) mass is 699 g/mol. The number of likely N-dealkylation sites (N-methyl/N-ethyl adjacent to an activating group) is 1. The second-order valence-corrected chi connectivity index (χ2v) is 20.4. The Morgan fingerprint density at radius 2 is 1.87 bits per heavy atom. The van der Waals surface area contributed by atoms with E-state index in [4.69, 9.17) is 16.0 Å². The summed E-state index contributed by atoms with van der Waals surface area (Å²) in [6.07, 6.45) is 4.46. The molecule has 0 spiro atoms. The molecule has 2 atom stereocenters. The number of pyridine rings is 1. The summed E-state index contributed by atoms with van der Waals surface area (Å²) < 4.78 is 21.2. The van der Waals surface area contributed by atoms with E-state index >= 15 is 0 Å². The van der Waals surface area contributed by atoms with Gasteiger partial charge in [0.2, 0.25) is 5.91 Å². The fourth-order valence-corrected chi connectivity index (χ4v) is 7.82. The van der Waals surface area contributed by atoms with Crippen LogP contribution in [0.1, 0.15) is 40.0 Å². The van der Waals surface area contributed by atoms with Gasteiger partial charge >= 0.3 is 0 Å². The molecule has 9 nitrogen and oxygen atoms in total. The summed E-state index contributed by atoms with van der Waals surface area (Å²) in [5.74, 6) is 0.689. The van der Waals surface area contributed by atoms with Gasteiger partial charge in [-0.3, -0.25) is 9.69 Å². The summed E-state index contributed by atoms with van der Waals surface area (Å²) in [4.78, 5) is 22.6. The fourth-order valence-electron chi connectivity index (χ4n) is 5.73. The van der Waals surface area contributed by atoms with Crippen molar-refractivity contribution in [3.8, 4) is 11.3 Å². The zero-order valence-electron chi connectivity index (χ0n) is 28.3. The number of carbonyl (C=O) groups excluding carboxylic acids is 1. The van der Waals surface area contributed by atoms with Crippen molar-refractivity contribution in [3.05, 3.63) is 53.4 Å². The summed E-state index contributed by atoms with van der Waals surface area (Å²) in [7, 11) is 0.267. The number of amides is 1.